The number of nitrogens with zero attached hydrogens (tertiary/aromatic N) is 6. The van der Waals surface area contributed by atoms with Gasteiger partial charge in [-0.15, -0.1) is 0 Å². The van der Waals surface area contributed by atoms with Gasteiger partial charge in [0.15, 0.2) is 0 Å². The molecule has 0 atom stereocenters. The number of rotatable bonds is 7. The van der Waals surface area contributed by atoms with Gasteiger partial charge in [-0.1, -0.05) is 20.1 Å². The number of piperidine rings is 4. The maximum absolute atomic E-state index is 5.52. The van der Waals surface area contributed by atoms with Crippen LogP contribution in [0.15, 0.2) is 24.8 Å². The Bertz CT molecular complexity index is 1280. The number of hydrogen-bond acceptors (Lipinski definition) is 12. The molecular weight excluding hydrogens is 841 g/mol. The van der Waals surface area contributed by atoms with E-state index in [1.807, 2.05) is 7.05 Å². The van der Waals surface area contributed by atoms with Crippen molar-refractivity contribution in [2.75, 3.05) is 107 Å². The van der Waals surface area contributed by atoms with Crippen LogP contribution in [0.5, 0.6) is 0 Å². The van der Waals surface area contributed by atoms with Crippen molar-refractivity contribution in [3.05, 3.63) is 24.8 Å². The Morgan fingerprint density at radius 2 is 0.838 bits per heavy atom. The molecule has 0 aliphatic carbocycles. The van der Waals surface area contributed by atoms with Crippen molar-refractivity contribution >= 4 is 0 Å². The van der Waals surface area contributed by atoms with Crippen molar-refractivity contribution in [3.8, 4) is 0 Å². The second-order valence-electron chi connectivity index (χ2n) is 25.9. The van der Waals surface area contributed by atoms with E-state index in [2.05, 4.69) is 215 Å². The van der Waals surface area contributed by atoms with Gasteiger partial charge in [-0.3, -0.25) is 19.6 Å². The minimum absolute atomic E-state index is 0.296. The lowest BCUT2D eigenvalue weighted by molar-refractivity contribution is 0.0916. The van der Waals surface area contributed by atoms with Gasteiger partial charge in [0.05, 0.1) is 11.6 Å². The van der Waals surface area contributed by atoms with Crippen molar-refractivity contribution in [2.45, 2.75) is 228 Å². The fourth-order valence-corrected chi connectivity index (χ4v) is 8.69. The van der Waals surface area contributed by atoms with Gasteiger partial charge in [-0.25, -0.2) is 0 Å². The highest BCUT2D eigenvalue weighted by Crippen LogP contribution is 2.24. The maximum Gasteiger partial charge on any atom is 0.0911 e. The molecule has 0 radical (unpaired) electrons. The first kappa shape index (κ1) is 66.4. The molecule has 5 aliphatic heterocycles. The molecule has 12 nitrogen and oxygen atoms in total. The third-order valence-electron chi connectivity index (χ3n) is 14.8. The van der Waals surface area contributed by atoms with Crippen LogP contribution in [0.1, 0.15) is 176 Å². The fraction of sp³-hybridized carbons (Fsp3) is 0.929. The zero-order valence-corrected chi connectivity index (χ0v) is 49.7. The Balaban J connectivity index is 0.000000802. The lowest BCUT2D eigenvalue weighted by Gasteiger charge is -2.41. The number of piperazine rings is 1. The molecule has 68 heavy (non-hydrogen) atoms. The smallest absolute Gasteiger partial charge is 0.0911 e. The minimum atomic E-state index is 0.296. The molecule has 5 heterocycles. The first-order valence-electron chi connectivity index (χ1n) is 27.2. The first-order chi connectivity index (χ1) is 31.1. The van der Waals surface area contributed by atoms with Crippen molar-refractivity contribution in [1.29, 1.82) is 0 Å². The second kappa shape index (κ2) is 31.7. The summed E-state index contributed by atoms with van der Waals surface area (Å²) in [6, 6.07) is 2.56. The molecule has 0 bridgehead atoms. The molecule has 0 amide bonds. The highest BCUT2D eigenvalue weighted by atomic mass is 15.2. The molecule has 406 valence electrons. The van der Waals surface area contributed by atoms with E-state index in [1.54, 1.807) is 0 Å². The van der Waals surface area contributed by atoms with Crippen molar-refractivity contribution in [2.24, 2.45) is 11.7 Å². The van der Waals surface area contributed by atoms with Crippen molar-refractivity contribution in [3.63, 3.8) is 0 Å². The number of likely N-dealkylation sites (tertiary alicyclic amines) is 4. The van der Waals surface area contributed by atoms with Crippen LogP contribution in [0.3, 0.4) is 0 Å². The van der Waals surface area contributed by atoms with Gasteiger partial charge in [-0.05, 0) is 209 Å². The third-order valence-corrected chi connectivity index (χ3v) is 14.8. The highest BCUT2D eigenvalue weighted by molar-refractivity contribution is 4.93. The van der Waals surface area contributed by atoms with E-state index in [1.165, 1.54) is 90.9 Å². The summed E-state index contributed by atoms with van der Waals surface area (Å²) < 4.78 is 0. The lowest BCUT2D eigenvalue weighted by Crippen LogP contribution is -2.51. The predicted octanol–water partition coefficient (Wildman–Crippen LogP) is 8.43. The normalized spacial score (nSPS) is 21.0. The van der Waals surface area contributed by atoms with Crippen LogP contribution in [-0.4, -0.2) is 188 Å². The van der Waals surface area contributed by atoms with Crippen LogP contribution in [0.2, 0.25) is 0 Å². The molecule has 7 N–H and O–H groups in total. The average molecular weight is 964 g/mol. The molecule has 5 aliphatic rings. The van der Waals surface area contributed by atoms with Gasteiger partial charge in [0, 0.05) is 124 Å². The van der Waals surface area contributed by atoms with Crippen LogP contribution in [-0.2, 0) is 0 Å². The van der Waals surface area contributed by atoms with Gasteiger partial charge in [0.1, 0.15) is 0 Å². The summed E-state index contributed by atoms with van der Waals surface area (Å²) in [4.78, 5) is 14.9. The lowest BCUT2D eigenvalue weighted by atomic mass is 9.95. The third kappa shape index (κ3) is 30.3. The van der Waals surface area contributed by atoms with E-state index >= 15 is 0 Å². The maximum atomic E-state index is 5.52. The number of nitrogens with two attached hydrogens (primary N) is 1. The molecule has 0 aromatic rings. The molecule has 5 saturated heterocycles. The SMILES string of the molecule is C=C(N)NC1CCN(C(C)(C)C)CC1.C=C(NC)NC1CCN(C(C)C)CC1.CC(C)(C)N1CCNCC1.CC1CCN(C(C)(C)C)CC1.CN(C)C(C)(C)C.CNC1CCN(C(C)(C)C)CC1. The van der Waals surface area contributed by atoms with Crippen LogP contribution >= 0.6 is 0 Å². The Labute approximate surface area is 425 Å². The molecule has 5 rings (SSSR count). The van der Waals surface area contributed by atoms with E-state index in [9.17, 15) is 0 Å². The average Bonchev–Trinajstić information content (AvgIpc) is 3.24. The van der Waals surface area contributed by atoms with Gasteiger partial charge < -0.3 is 42.1 Å². The van der Waals surface area contributed by atoms with Gasteiger partial charge >= 0.3 is 0 Å². The van der Waals surface area contributed by atoms with E-state index < -0.39 is 0 Å². The zero-order chi connectivity index (χ0) is 52.7. The Hall–Kier alpha value is -1.64. The Morgan fingerprint density at radius 1 is 0.529 bits per heavy atom. The summed E-state index contributed by atoms with van der Waals surface area (Å²) >= 11 is 0. The summed E-state index contributed by atoms with van der Waals surface area (Å²) in [6.07, 6.45) is 10.1. The van der Waals surface area contributed by atoms with Crippen LogP contribution in [0.4, 0.5) is 0 Å². The zero-order valence-electron chi connectivity index (χ0n) is 49.7. The predicted molar refractivity (Wildman–Crippen MR) is 303 cm³/mol. The van der Waals surface area contributed by atoms with Gasteiger partial charge in [-0.2, -0.15) is 0 Å². The molecule has 5 fully saturated rings. The van der Waals surface area contributed by atoms with E-state index in [0.29, 0.717) is 51.6 Å². The largest absolute Gasteiger partial charge is 0.386 e. The van der Waals surface area contributed by atoms with Gasteiger partial charge in [0.25, 0.3) is 0 Å². The molecule has 0 aromatic carbocycles. The second-order valence-corrected chi connectivity index (χ2v) is 25.9. The number of nitrogens with one attached hydrogen (secondary N) is 5. The van der Waals surface area contributed by atoms with Crippen LogP contribution in [0, 0.1) is 5.92 Å². The van der Waals surface area contributed by atoms with E-state index in [4.69, 9.17) is 5.73 Å². The van der Waals surface area contributed by atoms with E-state index in [-0.39, 0.29) is 0 Å². The highest BCUT2D eigenvalue weighted by Gasteiger charge is 2.28. The van der Waals surface area contributed by atoms with Crippen molar-refractivity contribution in [1.82, 2.24) is 56.0 Å². The van der Waals surface area contributed by atoms with Crippen LogP contribution in [0.25, 0.3) is 0 Å². The molecule has 12 heteroatoms. The quantitative estimate of drug-likeness (QED) is 0.148. The first-order valence-corrected chi connectivity index (χ1v) is 27.2. The topological polar surface area (TPSA) is 106 Å². The summed E-state index contributed by atoms with van der Waals surface area (Å²) in [7, 11) is 8.13. The molecule has 0 saturated carbocycles. The molecule has 0 aromatic heterocycles. The van der Waals surface area contributed by atoms with Crippen LogP contribution < -0.4 is 32.3 Å². The molecule has 0 spiro atoms. The Morgan fingerprint density at radius 3 is 1.12 bits per heavy atom. The van der Waals surface area contributed by atoms with Gasteiger partial charge in [0.2, 0.25) is 0 Å². The monoisotopic (exact) mass is 963 g/mol. The summed E-state index contributed by atoms with van der Waals surface area (Å²) in [5.41, 5.74) is 7.27. The summed E-state index contributed by atoms with van der Waals surface area (Å²) in [5.74, 6) is 2.49. The van der Waals surface area contributed by atoms with E-state index in [0.717, 1.165) is 56.8 Å². The minimum Gasteiger partial charge on any atom is -0.386 e. The van der Waals surface area contributed by atoms with Crippen molar-refractivity contribution < 1.29 is 0 Å². The fourth-order valence-electron chi connectivity index (χ4n) is 8.69. The summed E-state index contributed by atoms with van der Waals surface area (Å²) in [6.45, 7) is 62.9. The molecule has 0 unspecified atom stereocenters. The number of hydrogen-bond donors (Lipinski definition) is 6. The molecular formula is C56H122N12. The Kier molecular flexibility index (Phi) is 31.0. The standard InChI is InChI=1S/2C11H23N3.C10H22N2.C10H21N.C8H18N2.C6H15N/c1-9(12)13-10-5-7-14(8-6-10)11(2,3)4;1-9(2)14-7-5-11(6-8-14)13-10(3)12-4;1-10(2,3)12-7-5-9(11-4)6-8-12;1-9-5-7-11(8-6-9)10(2,3)4;1-8(2,3)10-6-4-9-5-7-10;1-6(2,3)7(4)5/h10,13H,1,5-8,12H2,2-4H3;9,11-13H,3,5-8H2,1-2,4H3;9,11H,5-8H2,1-4H3;9H,5-8H2,1-4H3;9H,4-7H2,1-3H3;1-5H3. The summed E-state index contributed by atoms with van der Waals surface area (Å²) in [5, 5.41) is 16.3.